The van der Waals surface area contributed by atoms with Crippen LogP contribution in [0, 0.1) is 0 Å². The molecule has 4 heteroatoms. The number of fused-ring (bicyclic) bond motifs is 1. The van der Waals surface area contributed by atoms with Crippen molar-refractivity contribution in [2.24, 2.45) is 0 Å². The molecule has 1 aromatic heterocycles. The Labute approximate surface area is 109 Å². The summed E-state index contributed by atoms with van der Waals surface area (Å²) in [4.78, 5) is 2.38. The van der Waals surface area contributed by atoms with Gasteiger partial charge in [0.05, 0.1) is 18.8 Å². The molecular formula is C14H12N2OS. The first-order chi connectivity index (χ1) is 8.85. The van der Waals surface area contributed by atoms with Crippen molar-refractivity contribution < 1.29 is 4.74 Å². The highest BCUT2D eigenvalue weighted by molar-refractivity contribution is 7.99. The van der Waals surface area contributed by atoms with E-state index >= 15 is 0 Å². The molecule has 90 valence electrons. The molecule has 0 atom stereocenters. The summed E-state index contributed by atoms with van der Waals surface area (Å²) in [5.74, 6) is 0.878. The average molecular weight is 256 g/mol. The van der Waals surface area contributed by atoms with Crippen LogP contribution in [0.15, 0.2) is 58.5 Å². The molecule has 0 saturated carbocycles. The first-order valence-electron chi connectivity index (χ1n) is 5.60. The zero-order valence-corrected chi connectivity index (χ0v) is 10.7. The smallest absolute Gasteiger partial charge is 0.118 e. The quantitative estimate of drug-likeness (QED) is 0.776. The monoisotopic (exact) mass is 256 g/mol. The molecule has 0 amide bonds. The van der Waals surface area contributed by atoms with Gasteiger partial charge in [0.25, 0.3) is 0 Å². The first kappa shape index (κ1) is 11.2. The molecular weight excluding hydrogens is 244 g/mol. The first-order valence-corrected chi connectivity index (χ1v) is 6.42. The molecule has 0 spiro atoms. The second-order valence-corrected chi connectivity index (χ2v) is 5.04. The highest BCUT2D eigenvalue weighted by Gasteiger charge is 2.01. The maximum absolute atomic E-state index is 5.14. The Bertz CT molecular complexity index is 661. The van der Waals surface area contributed by atoms with Gasteiger partial charge < -0.3 is 4.74 Å². The van der Waals surface area contributed by atoms with Crippen LogP contribution in [0.2, 0.25) is 0 Å². The Balaban J connectivity index is 1.85. The van der Waals surface area contributed by atoms with Crippen LogP contribution < -0.4 is 4.74 Å². The summed E-state index contributed by atoms with van der Waals surface area (Å²) in [7, 11) is 1.67. The second kappa shape index (κ2) is 4.74. The number of nitrogens with zero attached hydrogens (tertiary/aromatic N) is 1. The van der Waals surface area contributed by atoms with E-state index in [1.165, 1.54) is 9.79 Å². The largest absolute Gasteiger partial charge is 0.497 e. The van der Waals surface area contributed by atoms with E-state index in [-0.39, 0.29) is 0 Å². The zero-order chi connectivity index (χ0) is 12.4. The molecule has 2 aromatic carbocycles. The molecule has 3 nitrogen and oxygen atoms in total. The highest BCUT2D eigenvalue weighted by atomic mass is 32.2. The normalized spacial score (nSPS) is 10.7. The number of nitrogens with one attached hydrogen (secondary N) is 1. The minimum Gasteiger partial charge on any atom is -0.497 e. The third-order valence-electron chi connectivity index (χ3n) is 2.71. The Hall–Kier alpha value is -1.94. The Morgan fingerprint density at radius 1 is 1.06 bits per heavy atom. The van der Waals surface area contributed by atoms with Gasteiger partial charge in [0.1, 0.15) is 5.75 Å². The van der Waals surface area contributed by atoms with Crippen molar-refractivity contribution in [1.82, 2.24) is 10.2 Å². The van der Waals surface area contributed by atoms with Gasteiger partial charge in [-0.25, -0.2) is 0 Å². The fraction of sp³-hybridized carbons (Fsp3) is 0.0714. The Kier molecular flexibility index (Phi) is 2.94. The van der Waals surface area contributed by atoms with Gasteiger partial charge in [-0.15, -0.1) is 0 Å². The number of H-pyrrole nitrogens is 1. The van der Waals surface area contributed by atoms with E-state index in [0.717, 1.165) is 16.7 Å². The van der Waals surface area contributed by atoms with E-state index in [1.807, 2.05) is 18.3 Å². The summed E-state index contributed by atoms with van der Waals surface area (Å²) >= 11 is 1.72. The van der Waals surface area contributed by atoms with E-state index in [4.69, 9.17) is 4.74 Å². The molecule has 18 heavy (non-hydrogen) atoms. The van der Waals surface area contributed by atoms with E-state index in [2.05, 4.69) is 40.5 Å². The lowest BCUT2D eigenvalue weighted by atomic mass is 10.3. The van der Waals surface area contributed by atoms with Gasteiger partial charge in [-0.1, -0.05) is 17.8 Å². The van der Waals surface area contributed by atoms with Crippen molar-refractivity contribution >= 4 is 22.7 Å². The van der Waals surface area contributed by atoms with Crippen molar-refractivity contribution in [2.75, 3.05) is 7.11 Å². The summed E-state index contributed by atoms with van der Waals surface area (Å²) in [5.41, 5.74) is 1.06. The minimum absolute atomic E-state index is 0.878. The minimum atomic E-state index is 0.878. The molecule has 0 aliphatic rings. The van der Waals surface area contributed by atoms with E-state index in [1.54, 1.807) is 18.9 Å². The van der Waals surface area contributed by atoms with E-state index in [0.29, 0.717) is 0 Å². The summed E-state index contributed by atoms with van der Waals surface area (Å²) < 4.78 is 5.14. The lowest BCUT2D eigenvalue weighted by Gasteiger charge is -2.03. The van der Waals surface area contributed by atoms with Crippen molar-refractivity contribution in [3.63, 3.8) is 0 Å². The predicted octanol–water partition coefficient (Wildman–Crippen LogP) is 3.72. The standard InChI is InChI=1S/C14H12N2OS/c1-17-11-3-6-12(7-4-11)18-13-5-2-10-9-15-16-14(10)8-13/h2-9H,1H3,(H,15,16). The molecule has 0 saturated heterocycles. The molecule has 0 aliphatic heterocycles. The van der Waals surface area contributed by atoms with Gasteiger partial charge in [-0.05, 0) is 36.4 Å². The van der Waals surface area contributed by atoms with Gasteiger partial charge in [-0.3, -0.25) is 5.10 Å². The zero-order valence-electron chi connectivity index (χ0n) is 9.88. The molecule has 0 aliphatic carbocycles. The number of hydrogen-bond acceptors (Lipinski definition) is 3. The van der Waals surface area contributed by atoms with Gasteiger partial charge in [-0.2, -0.15) is 5.10 Å². The predicted molar refractivity (Wildman–Crippen MR) is 73.2 cm³/mol. The van der Waals surface area contributed by atoms with Crippen LogP contribution in [0.4, 0.5) is 0 Å². The highest BCUT2D eigenvalue weighted by Crippen LogP contribution is 2.30. The molecule has 0 bridgehead atoms. The number of benzene rings is 2. The van der Waals surface area contributed by atoms with Crippen LogP contribution in [0.1, 0.15) is 0 Å². The van der Waals surface area contributed by atoms with Crippen LogP contribution in [0.3, 0.4) is 0 Å². The van der Waals surface area contributed by atoms with Crippen LogP contribution in [-0.4, -0.2) is 17.3 Å². The van der Waals surface area contributed by atoms with Crippen LogP contribution in [-0.2, 0) is 0 Å². The number of rotatable bonds is 3. The van der Waals surface area contributed by atoms with Crippen LogP contribution in [0.25, 0.3) is 10.9 Å². The average Bonchev–Trinajstić information content (AvgIpc) is 2.87. The van der Waals surface area contributed by atoms with Crippen LogP contribution in [0.5, 0.6) is 5.75 Å². The molecule has 0 unspecified atom stereocenters. The summed E-state index contributed by atoms with van der Waals surface area (Å²) in [6.07, 6.45) is 1.83. The number of aromatic amines is 1. The van der Waals surface area contributed by atoms with Gasteiger partial charge >= 0.3 is 0 Å². The van der Waals surface area contributed by atoms with Gasteiger partial charge in [0.2, 0.25) is 0 Å². The van der Waals surface area contributed by atoms with Gasteiger partial charge in [0.15, 0.2) is 0 Å². The summed E-state index contributed by atoms with van der Waals surface area (Å²) in [6, 6.07) is 14.3. The number of methoxy groups -OCH3 is 1. The van der Waals surface area contributed by atoms with E-state index in [9.17, 15) is 0 Å². The third kappa shape index (κ3) is 2.19. The molecule has 3 rings (SSSR count). The molecule has 3 aromatic rings. The maximum atomic E-state index is 5.14. The van der Waals surface area contributed by atoms with E-state index < -0.39 is 0 Å². The SMILES string of the molecule is COc1ccc(Sc2ccc3cn[nH]c3c2)cc1. The summed E-state index contributed by atoms with van der Waals surface area (Å²) in [6.45, 7) is 0. The number of aromatic nitrogens is 2. The van der Waals surface area contributed by atoms with Crippen LogP contribution >= 0.6 is 11.8 Å². The lowest BCUT2D eigenvalue weighted by molar-refractivity contribution is 0.414. The van der Waals surface area contributed by atoms with Crippen molar-refractivity contribution in [3.05, 3.63) is 48.7 Å². The number of hydrogen-bond donors (Lipinski definition) is 1. The topological polar surface area (TPSA) is 37.9 Å². The maximum Gasteiger partial charge on any atom is 0.118 e. The van der Waals surface area contributed by atoms with Crippen molar-refractivity contribution in [3.8, 4) is 5.75 Å². The third-order valence-corrected chi connectivity index (χ3v) is 3.71. The molecule has 0 radical (unpaired) electrons. The molecule has 1 N–H and O–H groups in total. The lowest BCUT2D eigenvalue weighted by Crippen LogP contribution is -1.81. The molecule has 0 fully saturated rings. The van der Waals surface area contributed by atoms with Crippen molar-refractivity contribution in [1.29, 1.82) is 0 Å². The second-order valence-electron chi connectivity index (χ2n) is 3.90. The summed E-state index contributed by atoms with van der Waals surface area (Å²) in [5, 5.41) is 8.14. The van der Waals surface area contributed by atoms with Gasteiger partial charge in [0, 0.05) is 15.2 Å². The number of ether oxygens (including phenoxy) is 1. The van der Waals surface area contributed by atoms with Crippen molar-refractivity contribution in [2.45, 2.75) is 9.79 Å². The Morgan fingerprint density at radius 3 is 2.61 bits per heavy atom. The Morgan fingerprint density at radius 2 is 1.83 bits per heavy atom. The fourth-order valence-electron chi connectivity index (χ4n) is 1.76. The molecule has 1 heterocycles. The fourth-order valence-corrected chi connectivity index (χ4v) is 2.62.